The van der Waals surface area contributed by atoms with Crippen molar-refractivity contribution < 1.29 is 14.7 Å². The smallest absolute Gasteiger partial charge is 0.355 e. The third-order valence-electron chi connectivity index (χ3n) is 2.37. The molecule has 0 saturated carbocycles. The summed E-state index contributed by atoms with van der Waals surface area (Å²) >= 11 is 12.9. The van der Waals surface area contributed by atoms with E-state index in [-0.39, 0.29) is 22.8 Å². The minimum absolute atomic E-state index is 0.0416. The van der Waals surface area contributed by atoms with E-state index >= 15 is 0 Å². The number of halogens is 2. The molecule has 2 rings (SSSR count). The normalized spacial score (nSPS) is 10.3. The van der Waals surface area contributed by atoms with Crippen molar-refractivity contribution in [3.63, 3.8) is 0 Å². The van der Waals surface area contributed by atoms with E-state index in [0.29, 0.717) is 10.0 Å². The first kappa shape index (κ1) is 14.8. The zero-order valence-electron chi connectivity index (χ0n) is 9.89. The quantitative estimate of drug-likeness (QED) is 0.902. The van der Waals surface area contributed by atoms with Crippen LogP contribution in [0.3, 0.4) is 0 Å². The molecule has 1 amide bonds. The van der Waals surface area contributed by atoms with Crippen LogP contribution in [0, 0.1) is 0 Å². The van der Waals surface area contributed by atoms with Gasteiger partial charge >= 0.3 is 5.97 Å². The van der Waals surface area contributed by atoms with Crippen molar-refractivity contribution >= 4 is 46.4 Å². The molecule has 1 heterocycles. The summed E-state index contributed by atoms with van der Waals surface area (Å²) in [5, 5.41) is 13.7. The first-order valence-electron chi connectivity index (χ1n) is 5.39. The Morgan fingerprint density at radius 1 is 1.35 bits per heavy atom. The molecule has 1 aromatic heterocycles. The Hall–Kier alpha value is -1.63. The maximum Gasteiger partial charge on any atom is 0.355 e. The second-order valence-corrected chi connectivity index (χ2v) is 5.44. The molecule has 104 valence electrons. The molecular formula is C12H8Cl2N2O3S. The lowest BCUT2D eigenvalue weighted by molar-refractivity contribution is 0.0691. The van der Waals surface area contributed by atoms with Crippen LogP contribution < -0.4 is 5.32 Å². The summed E-state index contributed by atoms with van der Waals surface area (Å²) in [6, 6.07) is 4.75. The molecule has 0 aliphatic rings. The summed E-state index contributed by atoms with van der Waals surface area (Å²) in [4.78, 5) is 26.5. The SMILES string of the molecule is O=C(O)c1csc(CNC(=O)c2cccc(Cl)c2Cl)n1. The predicted octanol–water partition coefficient (Wildman–Crippen LogP) is 3.08. The maximum atomic E-state index is 11.9. The summed E-state index contributed by atoms with van der Waals surface area (Å²) in [5.74, 6) is -1.50. The summed E-state index contributed by atoms with van der Waals surface area (Å²) in [5.41, 5.74) is 0.217. The van der Waals surface area contributed by atoms with E-state index in [2.05, 4.69) is 10.3 Å². The number of hydrogen-bond donors (Lipinski definition) is 2. The number of thiazole rings is 1. The van der Waals surface area contributed by atoms with Crippen LogP contribution in [0.4, 0.5) is 0 Å². The fourth-order valence-electron chi connectivity index (χ4n) is 1.42. The number of amides is 1. The van der Waals surface area contributed by atoms with E-state index in [9.17, 15) is 9.59 Å². The molecule has 2 aromatic rings. The highest BCUT2D eigenvalue weighted by Crippen LogP contribution is 2.25. The molecular weight excluding hydrogens is 323 g/mol. The molecule has 0 fully saturated rings. The first-order chi connectivity index (χ1) is 9.49. The van der Waals surface area contributed by atoms with Gasteiger partial charge in [-0.15, -0.1) is 11.3 Å². The van der Waals surface area contributed by atoms with Crippen LogP contribution in [0.15, 0.2) is 23.6 Å². The van der Waals surface area contributed by atoms with Gasteiger partial charge in [0.15, 0.2) is 5.69 Å². The van der Waals surface area contributed by atoms with Crippen molar-refractivity contribution in [2.24, 2.45) is 0 Å². The van der Waals surface area contributed by atoms with E-state index < -0.39 is 11.9 Å². The lowest BCUT2D eigenvalue weighted by Gasteiger charge is -2.06. The average molecular weight is 331 g/mol. The maximum absolute atomic E-state index is 11.9. The second-order valence-electron chi connectivity index (χ2n) is 3.72. The lowest BCUT2D eigenvalue weighted by Crippen LogP contribution is -2.23. The van der Waals surface area contributed by atoms with Crippen LogP contribution in [0.2, 0.25) is 10.0 Å². The number of rotatable bonds is 4. The number of hydrogen-bond acceptors (Lipinski definition) is 4. The lowest BCUT2D eigenvalue weighted by atomic mass is 10.2. The number of nitrogens with one attached hydrogen (secondary N) is 1. The van der Waals surface area contributed by atoms with Gasteiger partial charge in [0.1, 0.15) is 5.01 Å². The van der Waals surface area contributed by atoms with Gasteiger partial charge in [-0.05, 0) is 12.1 Å². The number of aromatic carboxylic acids is 1. The van der Waals surface area contributed by atoms with Crippen LogP contribution in [0.5, 0.6) is 0 Å². The minimum Gasteiger partial charge on any atom is -0.476 e. The standard InChI is InChI=1S/C12H8Cl2N2O3S/c13-7-3-1-2-6(10(7)14)11(17)15-4-9-16-8(5-20-9)12(18)19/h1-3,5H,4H2,(H,15,17)(H,18,19). The average Bonchev–Trinajstić information content (AvgIpc) is 2.88. The highest BCUT2D eigenvalue weighted by molar-refractivity contribution is 7.09. The van der Waals surface area contributed by atoms with Gasteiger partial charge in [0.25, 0.3) is 5.91 Å². The molecule has 0 atom stereocenters. The Morgan fingerprint density at radius 3 is 2.75 bits per heavy atom. The molecule has 0 aliphatic heterocycles. The number of carboxylic acid groups (broad SMARTS) is 1. The highest BCUT2D eigenvalue weighted by Gasteiger charge is 2.14. The van der Waals surface area contributed by atoms with Gasteiger partial charge in [-0.2, -0.15) is 0 Å². The number of benzene rings is 1. The third-order valence-corrected chi connectivity index (χ3v) is 4.03. The number of carbonyl (C=O) groups excluding carboxylic acids is 1. The second kappa shape index (κ2) is 6.21. The molecule has 0 radical (unpaired) electrons. The van der Waals surface area contributed by atoms with Crippen molar-refractivity contribution in [2.45, 2.75) is 6.54 Å². The minimum atomic E-state index is -1.10. The Labute approximate surface area is 128 Å². The zero-order valence-corrected chi connectivity index (χ0v) is 12.2. The number of carboxylic acids is 1. The van der Waals surface area contributed by atoms with Gasteiger partial charge in [-0.1, -0.05) is 29.3 Å². The zero-order chi connectivity index (χ0) is 14.7. The summed E-state index contributed by atoms with van der Waals surface area (Å²) in [6.45, 7) is 0.125. The monoisotopic (exact) mass is 330 g/mol. The number of nitrogens with zero attached hydrogens (tertiary/aromatic N) is 1. The topological polar surface area (TPSA) is 79.3 Å². The fourth-order valence-corrected chi connectivity index (χ4v) is 2.51. The molecule has 2 N–H and O–H groups in total. The Kier molecular flexibility index (Phi) is 4.59. The fraction of sp³-hybridized carbons (Fsp3) is 0.0833. The van der Waals surface area contributed by atoms with Crippen LogP contribution in [-0.4, -0.2) is 22.0 Å². The van der Waals surface area contributed by atoms with E-state index in [1.807, 2.05) is 0 Å². The first-order valence-corrected chi connectivity index (χ1v) is 7.02. The van der Waals surface area contributed by atoms with Crippen LogP contribution >= 0.6 is 34.5 Å². The van der Waals surface area contributed by atoms with Crippen LogP contribution in [-0.2, 0) is 6.54 Å². The van der Waals surface area contributed by atoms with Gasteiger partial charge in [-0.3, -0.25) is 4.79 Å². The van der Waals surface area contributed by atoms with Gasteiger partial charge in [-0.25, -0.2) is 9.78 Å². The molecule has 0 unspecified atom stereocenters. The van der Waals surface area contributed by atoms with Gasteiger partial charge in [0.2, 0.25) is 0 Å². The molecule has 8 heteroatoms. The van der Waals surface area contributed by atoms with Gasteiger partial charge < -0.3 is 10.4 Å². The van der Waals surface area contributed by atoms with Crippen molar-refractivity contribution in [2.75, 3.05) is 0 Å². The Bertz CT molecular complexity index is 672. The summed E-state index contributed by atoms with van der Waals surface area (Å²) in [7, 11) is 0. The molecule has 0 aliphatic carbocycles. The van der Waals surface area contributed by atoms with Crippen molar-refractivity contribution in [1.29, 1.82) is 0 Å². The van der Waals surface area contributed by atoms with Crippen molar-refractivity contribution in [1.82, 2.24) is 10.3 Å². The van der Waals surface area contributed by atoms with E-state index in [0.717, 1.165) is 11.3 Å². The van der Waals surface area contributed by atoms with Crippen LogP contribution in [0.25, 0.3) is 0 Å². The van der Waals surface area contributed by atoms with Gasteiger partial charge in [0.05, 0.1) is 22.2 Å². The van der Waals surface area contributed by atoms with E-state index in [4.69, 9.17) is 28.3 Å². The third kappa shape index (κ3) is 3.27. The number of aromatic nitrogens is 1. The molecule has 0 bridgehead atoms. The molecule has 1 aromatic carbocycles. The molecule has 0 spiro atoms. The van der Waals surface area contributed by atoms with E-state index in [1.54, 1.807) is 18.2 Å². The Morgan fingerprint density at radius 2 is 2.10 bits per heavy atom. The van der Waals surface area contributed by atoms with Crippen molar-refractivity contribution in [3.8, 4) is 0 Å². The molecule has 5 nitrogen and oxygen atoms in total. The summed E-state index contributed by atoms with van der Waals surface area (Å²) in [6.07, 6.45) is 0. The van der Waals surface area contributed by atoms with E-state index in [1.165, 1.54) is 5.38 Å². The molecule has 0 saturated heterocycles. The predicted molar refractivity (Wildman–Crippen MR) is 76.7 cm³/mol. The number of carbonyl (C=O) groups is 2. The highest BCUT2D eigenvalue weighted by atomic mass is 35.5. The van der Waals surface area contributed by atoms with Gasteiger partial charge in [0, 0.05) is 5.38 Å². The summed E-state index contributed by atoms with van der Waals surface area (Å²) < 4.78 is 0. The van der Waals surface area contributed by atoms with Crippen LogP contribution in [0.1, 0.15) is 25.9 Å². The Balaban J connectivity index is 2.05. The molecule has 20 heavy (non-hydrogen) atoms. The van der Waals surface area contributed by atoms with Crippen molar-refractivity contribution in [3.05, 3.63) is 49.9 Å². The largest absolute Gasteiger partial charge is 0.476 e.